The first kappa shape index (κ1) is 19.8. The van der Waals surface area contributed by atoms with Gasteiger partial charge < -0.3 is 5.32 Å². The van der Waals surface area contributed by atoms with Crippen molar-refractivity contribution in [2.24, 2.45) is 7.05 Å². The van der Waals surface area contributed by atoms with Crippen LogP contribution in [0.3, 0.4) is 0 Å². The van der Waals surface area contributed by atoms with Gasteiger partial charge in [0, 0.05) is 25.1 Å². The van der Waals surface area contributed by atoms with E-state index in [2.05, 4.69) is 20.7 Å². The van der Waals surface area contributed by atoms with Gasteiger partial charge in [-0.05, 0) is 31.5 Å². The molecule has 1 aromatic heterocycles. The Morgan fingerprint density at radius 2 is 2.15 bits per heavy atom. The summed E-state index contributed by atoms with van der Waals surface area (Å²) < 4.78 is 1.56. The summed E-state index contributed by atoms with van der Waals surface area (Å²) in [5.41, 5.74) is 0.546. The van der Waals surface area contributed by atoms with Crippen LogP contribution in [0.15, 0.2) is 24.3 Å². The number of nitro benzene ring substituents is 1. The van der Waals surface area contributed by atoms with E-state index in [1.807, 2.05) is 0 Å². The van der Waals surface area contributed by atoms with Crippen LogP contribution in [0.2, 0.25) is 0 Å². The van der Waals surface area contributed by atoms with E-state index in [4.69, 9.17) is 0 Å². The Labute approximate surface area is 156 Å². The second kappa shape index (κ2) is 8.72. The lowest BCUT2D eigenvalue weighted by Gasteiger charge is -2.19. The predicted octanol–water partition coefficient (Wildman–Crippen LogP) is 1.79. The number of carbonyl (C=O) groups excluding carboxylic acids is 1. The topological polar surface area (TPSA) is 115 Å². The van der Waals surface area contributed by atoms with Crippen LogP contribution in [-0.2, 0) is 18.3 Å². The number of nitrogens with one attached hydrogen (secondary N) is 2. The van der Waals surface area contributed by atoms with Gasteiger partial charge >= 0.3 is 0 Å². The summed E-state index contributed by atoms with van der Waals surface area (Å²) in [6.07, 6.45) is 1.99. The van der Waals surface area contributed by atoms with E-state index in [9.17, 15) is 14.9 Å². The molecule has 2 aromatic rings. The number of nitrogens with zero attached hydrogens (tertiary/aromatic N) is 4. The predicted molar refractivity (Wildman–Crippen MR) is 98.5 cm³/mol. The summed E-state index contributed by atoms with van der Waals surface area (Å²) in [5.74, 6) is 1.15. The number of amides is 1. The van der Waals surface area contributed by atoms with Gasteiger partial charge in [0.05, 0.1) is 11.3 Å². The standard InChI is InChI=1S/C16H20N6O3.ClH/c1-21-16(19-15(20-21)12-5-7-17-8-6-12)18-14(23)10-11-3-2-4-13(9-11)22(24)25;/h2-4,9,12,17H,5-8,10H2,1H3,(H,18,19,20,23);1H. The highest BCUT2D eigenvalue weighted by Gasteiger charge is 2.21. The summed E-state index contributed by atoms with van der Waals surface area (Å²) in [4.78, 5) is 27.0. The number of aromatic nitrogens is 3. The Morgan fingerprint density at radius 3 is 2.85 bits per heavy atom. The molecule has 2 heterocycles. The average molecular weight is 381 g/mol. The number of rotatable bonds is 5. The van der Waals surface area contributed by atoms with Crippen LogP contribution < -0.4 is 10.6 Å². The molecule has 0 unspecified atom stereocenters. The highest BCUT2D eigenvalue weighted by atomic mass is 35.5. The second-order valence-corrected chi connectivity index (χ2v) is 6.09. The Bertz CT molecular complexity index is 788. The summed E-state index contributed by atoms with van der Waals surface area (Å²) in [5, 5.41) is 21.2. The van der Waals surface area contributed by atoms with Gasteiger partial charge in [-0.15, -0.1) is 12.4 Å². The molecule has 1 amide bonds. The van der Waals surface area contributed by atoms with E-state index < -0.39 is 4.92 Å². The molecule has 0 atom stereocenters. The van der Waals surface area contributed by atoms with Crippen molar-refractivity contribution >= 4 is 29.9 Å². The smallest absolute Gasteiger partial charge is 0.269 e. The third-order valence-corrected chi connectivity index (χ3v) is 4.22. The van der Waals surface area contributed by atoms with E-state index in [-0.39, 0.29) is 30.4 Å². The van der Waals surface area contributed by atoms with Crippen LogP contribution in [0.1, 0.15) is 30.1 Å². The molecule has 1 fully saturated rings. The Morgan fingerprint density at radius 1 is 1.42 bits per heavy atom. The molecular formula is C16H21ClN6O3. The zero-order valence-corrected chi connectivity index (χ0v) is 15.2. The first-order valence-electron chi connectivity index (χ1n) is 8.18. The van der Waals surface area contributed by atoms with E-state index in [0.717, 1.165) is 31.8 Å². The van der Waals surface area contributed by atoms with Crippen molar-refractivity contribution in [2.45, 2.75) is 25.2 Å². The van der Waals surface area contributed by atoms with E-state index in [1.54, 1.807) is 23.9 Å². The zero-order chi connectivity index (χ0) is 17.8. The quantitative estimate of drug-likeness (QED) is 0.603. The third kappa shape index (κ3) is 4.77. The van der Waals surface area contributed by atoms with Gasteiger partial charge in [-0.1, -0.05) is 12.1 Å². The minimum Gasteiger partial charge on any atom is -0.317 e. The van der Waals surface area contributed by atoms with Crippen LogP contribution in [0.4, 0.5) is 11.6 Å². The van der Waals surface area contributed by atoms with Gasteiger partial charge in [0.15, 0.2) is 5.82 Å². The average Bonchev–Trinajstić information content (AvgIpc) is 2.96. The summed E-state index contributed by atoms with van der Waals surface area (Å²) in [6, 6.07) is 6.05. The zero-order valence-electron chi connectivity index (χ0n) is 14.3. The van der Waals surface area contributed by atoms with Crippen LogP contribution in [0.5, 0.6) is 0 Å². The number of non-ortho nitro benzene ring substituents is 1. The lowest BCUT2D eigenvalue weighted by molar-refractivity contribution is -0.384. The van der Waals surface area contributed by atoms with Gasteiger partial charge in [-0.3, -0.25) is 20.2 Å². The molecule has 0 bridgehead atoms. The molecule has 2 N–H and O–H groups in total. The molecule has 1 aliphatic heterocycles. The molecule has 140 valence electrons. The van der Waals surface area contributed by atoms with Crippen molar-refractivity contribution in [1.29, 1.82) is 0 Å². The molecule has 0 saturated carbocycles. The Balaban J connectivity index is 0.00000243. The molecule has 1 aliphatic rings. The van der Waals surface area contributed by atoms with E-state index >= 15 is 0 Å². The lowest BCUT2D eigenvalue weighted by Crippen LogP contribution is -2.27. The molecule has 0 radical (unpaired) electrons. The van der Waals surface area contributed by atoms with Crippen molar-refractivity contribution in [3.05, 3.63) is 45.8 Å². The minimum absolute atomic E-state index is 0. The molecule has 10 heteroatoms. The minimum atomic E-state index is -0.477. The van der Waals surface area contributed by atoms with Crippen LogP contribution in [0, 0.1) is 10.1 Å². The van der Waals surface area contributed by atoms with Crippen LogP contribution in [-0.4, -0.2) is 38.7 Å². The van der Waals surface area contributed by atoms with Crippen molar-refractivity contribution in [3.63, 3.8) is 0 Å². The molecule has 9 nitrogen and oxygen atoms in total. The maximum atomic E-state index is 12.2. The molecule has 3 rings (SSSR count). The normalized spacial score (nSPS) is 14.5. The lowest BCUT2D eigenvalue weighted by atomic mass is 9.98. The number of piperidine rings is 1. The SMILES string of the molecule is Cl.Cn1nc(C2CCNCC2)nc1NC(=O)Cc1cccc([N+](=O)[O-])c1. The van der Waals surface area contributed by atoms with Gasteiger partial charge in [-0.25, -0.2) is 4.68 Å². The van der Waals surface area contributed by atoms with Crippen molar-refractivity contribution in [1.82, 2.24) is 20.1 Å². The third-order valence-electron chi connectivity index (χ3n) is 4.22. The van der Waals surface area contributed by atoms with Crippen molar-refractivity contribution in [2.75, 3.05) is 18.4 Å². The Hall–Kier alpha value is -2.52. The molecule has 1 saturated heterocycles. The fraction of sp³-hybridized carbons (Fsp3) is 0.438. The molecular weight excluding hydrogens is 360 g/mol. The largest absolute Gasteiger partial charge is 0.317 e. The number of hydrogen-bond acceptors (Lipinski definition) is 6. The molecule has 26 heavy (non-hydrogen) atoms. The fourth-order valence-corrected chi connectivity index (χ4v) is 2.90. The Kier molecular flexibility index (Phi) is 6.64. The van der Waals surface area contributed by atoms with E-state index in [1.165, 1.54) is 12.1 Å². The highest BCUT2D eigenvalue weighted by Crippen LogP contribution is 2.23. The number of aryl methyl sites for hydroxylation is 1. The van der Waals surface area contributed by atoms with Crippen LogP contribution >= 0.6 is 12.4 Å². The fourth-order valence-electron chi connectivity index (χ4n) is 2.90. The molecule has 1 aromatic carbocycles. The van der Waals surface area contributed by atoms with Gasteiger partial charge in [0.25, 0.3) is 5.69 Å². The monoisotopic (exact) mass is 380 g/mol. The number of benzene rings is 1. The maximum Gasteiger partial charge on any atom is 0.269 e. The maximum absolute atomic E-state index is 12.2. The van der Waals surface area contributed by atoms with Gasteiger partial charge in [-0.2, -0.15) is 10.1 Å². The molecule has 0 spiro atoms. The second-order valence-electron chi connectivity index (χ2n) is 6.09. The number of anilines is 1. The van der Waals surface area contributed by atoms with Gasteiger partial charge in [0.1, 0.15) is 0 Å². The summed E-state index contributed by atoms with van der Waals surface area (Å²) >= 11 is 0. The number of halogens is 1. The molecule has 0 aliphatic carbocycles. The highest BCUT2D eigenvalue weighted by molar-refractivity contribution is 5.90. The summed E-state index contributed by atoms with van der Waals surface area (Å²) in [7, 11) is 1.74. The number of carbonyl (C=O) groups is 1. The van der Waals surface area contributed by atoms with Crippen molar-refractivity contribution in [3.8, 4) is 0 Å². The van der Waals surface area contributed by atoms with Gasteiger partial charge in [0.2, 0.25) is 11.9 Å². The number of nitro groups is 1. The first-order chi connectivity index (χ1) is 12.0. The first-order valence-corrected chi connectivity index (χ1v) is 8.18. The van der Waals surface area contributed by atoms with Crippen LogP contribution in [0.25, 0.3) is 0 Å². The van der Waals surface area contributed by atoms with Crippen molar-refractivity contribution < 1.29 is 9.72 Å². The summed E-state index contributed by atoms with van der Waals surface area (Å²) in [6.45, 7) is 1.88. The van der Waals surface area contributed by atoms with E-state index in [0.29, 0.717) is 17.4 Å². The number of hydrogen-bond donors (Lipinski definition) is 2.